The van der Waals surface area contributed by atoms with E-state index in [1.807, 2.05) is 10.8 Å². The Bertz CT molecular complexity index is 1810. The summed E-state index contributed by atoms with van der Waals surface area (Å²) < 4.78 is 27.5. The number of rotatable bonds is 6. The van der Waals surface area contributed by atoms with Gasteiger partial charge in [-0.2, -0.15) is 0 Å². The van der Waals surface area contributed by atoms with Crippen LogP contribution in [0.15, 0.2) is 115 Å². The van der Waals surface area contributed by atoms with Gasteiger partial charge in [-0.15, -0.1) is 22.7 Å². The van der Waals surface area contributed by atoms with Crippen LogP contribution < -0.4 is 10.2 Å². The number of thiazole rings is 2. The molecular formula is C32H18Br2CoF2N4O2S2. The van der Waals surface area contributed by atoms with Crippen molar-refractivity contribution in [2.45, 2.75) is 0 Å². The summed E-state index contributed by atoms with van der Waals surface area (Å²) in [6.07, 6.45) is 3.00. The van der Waals surface area contributed by atoms with Gasteiger partial charge in [-0.3, -0.25) is 0 Å². The van der Waals surface area contributed by atoms with Crippen molar-refractivity contribution >= 4 is 77.2 Å². The molecule has 6 aromatic rings. The summed E-state index contributed by atoms with van der Waals surface area (Å²) in [6.45, 7) is 0. The minimum absolute atomic E-state index is 0. The van der Waals surface area contributed by atoms with E-state index >= 15 is 0 Å². The van der Waals surface area contributed by atoms with Crippen LogP contribution in [0.25, 0.3) is 22.5 Å². The van der Waals surface area contributed by atoms with Crippen molar-refractivity contribution in [1.82, 2.24) is 9.97 Å². The Morgan fingerprint density at radius 3 is 1.36 bits per heavy atom. The van der Waals surface area contributed by atoms with E-state index in [4.69, 9.17) is 0 Å². The van der Waals surface area contributed by atoms with E-state index in [9.17, 15) is 19.0 Å². The normalized spacial score (nSPS) is 10.9. The van der Waals surface area contributed by atoms with Crippen molar-refractivity contribution in [2.24, 2.45) is 9.98 Å². The zero-order valence-electron chi connectivity index (χ0n) is 22.7. The SMILES string of the molecule is [Co+2].[O-]c1ccc(Br)cc1/C=N/c1nc(-c2ccc(F)cc2)cs1.[O-]c1ccc(Br)cc1/C=N/c1nc(-c2ccc(F)cc2)cs1. The average molecular weight is 811 g/mol. The molecule has 0 amide bonds. The number of aliphatic imine (C=N–C) groups is 2. The maximum Gasteiger partial charge on any atom is 2.00 e. The molecule has 0 spiro atoms. The molecule has 0 aliphatic rings. The van der Waals surface area contributed by atoms with E-state index in [0.717, 1.165) is 31.5 Å². The Kier molecular flexibility index (Phi) is 12.3. The van der Waals surface area contributed by atoms with Crippen LogP contribution in [0.1, 0.15) is 11.1 Å². The van der Waals surface area contributed by atoms with Crippen LogP contribution in [0.5, 0.6) is 11.5 Å². The van der Waals surface area contributed by atoms with Crippen LogP contribution in [0.4, 0.5) is 19.0 Å². The summed E-state index contributed by atoms with van der Waals surface area (Å²) >= 11 is 9.36. The maximum absolute atomic E-state index is 12.9. The molecule has 6 rings (SSSR count). The van der Waals surface area contributed by atoms with Gasteiger partial charge in [0.15, 0.2) is 0 Å². The van der Waals surface area contributed by atoms with Gasteiger partial charge in [0.2, 0.25) is 10.3 Å². The van der Waals surface area contributed by atoms with E-state index in [-0.39, 0.29) is 39.9 Å². The summed E-state index contributed by atoms with van der Waals surface area (Å²) in [5, 5.41) is 28.1. The second kappa shape index (κ2) is 16.1. The molecule has 4 aromatic carbocycles. The van der Waals surface area contributed by atoms with Crippen LogP contribution in [0, 0.1) is 11.6 Å². The zero-order chi connectivity index (χ0) is 31.1. The summed E-state index contributed by atoms with van der Waals surface area (Å²) in [6, 6.07) is 22.0. The predicted octanol–water partition coefficient (Wildman–Crippen LogP) is 9.07. The zero-order valence-corrected chi connectivity index (χ0v) is 28.5. The third kappa shape index (κ3) is 9.70. The minimum atomic E-state index is -0.283. The Morgan fingerprint density at radius 2 is 0.978 bits per heavy atom. The molecule has 0 aliphatic heterocycles. The Balaban J connectivity index is 0.000000200. The molecule has 0 aliphatic carbocycles. The summed E-state index contributed by atoms with van der Waals surface area (Å²) in [4.78, 5) is 17.2. The topological polar surface area (TPSA) is 96.6 Å². The first-order valence-corrected chi connectivity index (χ1v) is 16.0. The third-order valence-electron chi connectivity index (χ3n) is 5.84. The molecule has 0 bridgehead atoms. The van der Waals surface area contributed by atoms with E-state index in [2.05, 4.69) is 51.8 Å². The van der Waals surface area contributed by atoms with E-state index in [0.29, 0.717) is 21.4 Å². The summed E-state index contributed by atoms with van der Waals surface area (Å²) in [7, 11) is 0. The second-order valence-corrected chi connectivity index (χ2v) is 12.4. The summed E-state index contributed by atoms with van der Waals surface area (Å²) in [5.74, 6) is -0.755. The van der Waals surface area contributed by atoms with Gasteiger partial charge >= 0.3 is 16.8 Å². The Hall–Kier alpha value is -3.59. The van der Waals surface area contributed by atoms with Crippen LogP contribution in [-0.2, 0) is 16.8 Å². The average Bonchev–Trinajstić information content (AvgIpc) is 3.70. The fourth-order valence-corrected chi connectivity index (χ4v) is 5.74. The smallest absolute Gasteiger partial charge is 0.872 e. The molecule has 6 nitrogen and oxygen atoms in total. The first-order valence-electron chi connectivity index (χ1n) is 12.7. The van der Waals surface area contributed by atoms with Gasteiger partial charge in [-0.1, -0.05) is 55.5 Å². The molecule has 1 radical (unpaired) electrons. The standard InChI is InChI=1S/2C16H10BrFN2OS.Co/c2*17-12-3-6-15(21)11(7-12)8-19-16-20-14(9-22-16)10-1-4-13(18)5-2-10;/h2*1-9,21H;/q;;+2/p-2/b2*19-8+;. The van der Waals surface area contributed by atoms with Crippen molar-refractivity contribution in [3.8, 4) is 34.0 Å². The molecule has 0 atom stereocenters. The molecule has 227 valence electrons. The first kappa shape index (κ1) is 34.3. The molecule has 2 aromatic heterocycles. The van der Waals surface area contributed by atoms with Crippen molar-refractivity contribution in [1.29, 1.82) is 0 Å². The number of hydrogen-bond donors (Lipinski definition) is 0. The molecule has 0 saturated carbocycles. The molecule has 0 N–H and O–H groups in total. The molecule has 0 fully saturated rings. The monoisotopic (exact) mass is 809 g/mol. The van der Waals surface area contributed by atoms with E-state index in [1.165, 1.54) is 71.5 Å². The fraction of sp³-hybridized carbons (Fsp3) is 0. The quantitative estimate of drug-likeness (QED) is 0.157. The predicted molar refractivity (Wildman–Crippen MR) is 177 cm³/mol. The fourth-order valence-electron chi connectivity index (χ4n) is 3.64. The van der Waals surface area contributed by atoms with E-state index < -0.39 is 0 Å². The van der Waals surface area contributed by atoms with Gasteiger partial charge in [-0.05, 0) is 83.9 Å². The van der Waals surface area contributed by atoms with E-state index in [1.54, 1.807) is 48.5 Å². The second-order valence-electron chi connectivity index (χ2n) is 8.93. The minimum Gasteiger partial charge on any atom is -0.872 e. The van der Waals surface area contributed by atoms with Crippen LogP contribution in [0.2, 0.25) is 0 Å². The van der Waals surface area contributed by atoms with Gasteiger partial charge in [0.25, 0.3) is 0 Å². The van der Waals surface area contributed by atoms with Gasteiger partial charge < -0.3 is 10.2 Å². The molecule has 0 saturated heterocycles. The van der Waals surface area contributed by atoms with Crippen LogP contribution in [-0.4, -0.2) is 22.4 Å². The van der Waals surface area contributed by atoms with Gasteiger partial charge in [0, 0.05) is 43.3 Å². The van der Waals surface area contributed by atoms with Crippen molar-refractivity contribution in [3.63, 3.8) is 0 Å². The number of benzene rings is 4. The molecule has 13 heteroatoms. The Labute approximate surface area is 292 Å². The molecule has 0 unspecified atom stereocenters. The molecule has 2 heterocycles. The number of nitrogens with zero attached hydrogens (tertiary/aromatic N) is 4. The van der Waals surface area contributed by atoms with Gasteiger partial charge in [-0.25, -0.2) is 28.7 Å². The Morgan fingerprint density at radius 1 is 0.600 bits per heavy atom. The maximum atomic E-state index is 12.9. The largest absolute Gasteiger partial charge is 2.00 e. The van der Waals surface area contributed by atoms with Crippen LogP contribution >= 0.6 is 54.5 Å². The van der Waals surface area contributed by atoms with Crippen molar-refractivity contribution < 1.29 is 35.8 Å². The molecule has 45 heavy (non-hydrogen) atoms. The van der Waals surface area contributed by atoms with Gasteiger partial charge in [0.1, 0.15) is 11.6 Å². The third-order valence-corrected chi connectivity index (χ3v) is 8.32. The van der Waals surface area contributed by atoms with Crippen molar-refractivity contribution in [2.75, 3.05) is 0 Å². The molecular weight excluding hydrogens is 793 g/mol. The summed E-state index contributed by atoms with van der Waals surface area (Å²) in [5.41, 5.74) is 4.10. The van der Waals surface area contributed by atoms with Gasteiger partial charge in [0.05, 0.1) is 11.4 Å². The van der Waals surface area contributed by atoms with Crippen LogP contribution in [0.3, 0.4) is 0 Å². The number of halogens is 4. The number of hydrogen-bond acceptors (Lipinski definition) is 8. The first-order chi connectivity index (χ1) is 21.2. The van der Waals surface area contributed by atoms with Crippen molar-refractivity contribution in [3.05, 3.63) is 127 Å². The number of aromatic nitrogens is 2.